The van der Waals surface area contributed by atoms with Crippen molar-refractivity contribution >= 4 is 33.3 Å². The normalized spacial score (nSPS) is 26.1. The lowest BCUT2D eigenvalue weighted by Gasteiger charge is -2.43. The predicted octanol–water partition coefficient (Wildman–Crippen LogP) is 4.93. The molecule has 2 unspecified atom stereocenters. The van der Waals surface area contributed by atoms with Gasteiger partial charge < -0.3 is 0 Å². The van der Waals surface area contributed by atoms with Crippen LogP contribution >= 0.6 is 27.5 Å². The maximum absolute atomic E-state index is 14.4. The summed E-state index contributed by atoms with van der Waals surface area (Å²) in [5.74, 6) is -0.333. The van der Waals surface area contributed by atoms with Crippen molar-refractivity contribution in [2.75, 3.05) is 14.1 Å². The second-order valence-electron chi connectivity index (χ2n) is 6.18. The van der Waals surface area contributed by atoms with Gasteiger partial charge >= 0.3 is 0 Å². The molecule has 116 valence electrons. The van der Waals surface area contributed by atoms with Crippen molar-refractivity contribution in [1.82, 2.24) is 4.90 Å². The van der Waals surface area contributed by atoms with E-state index in [2.05, 4.69) is 22.9 Å². The highest BCUT2D eigenvalue weighted by molar-refractivity contribution is 9.10. The number of carbonyl (C=O) groups is 1. The molecule has 0 radical (unpaired) electrons. The molecule has 2 rings (SSSR count). The fourth-order valence-electron chi connectivity index (χ4n) is 3.29. The number of likely N-dealkylation sites (N-methyl/N-ethyl adjacent to an activating group) is 1. The van der Waals surface area contributed by atoms with E-state index in [1.54, 1.807) is 6.07 Å². The smallest absolute Gasteiger partial charge is 0.186 e. The highest BCUT2D eigenvalue weighted by Gasteiger charge is 2.44. The Morgan fingerprint density at radius 2 is 2.14 bits per heavy atom. The number of hydrogen-bond donors (Lipinski definition) is 0. The van der Waals surface area contributed by atoms with E-state index in [9.17, 15) is 9.18 Å². The molecule has 0 aromatic heterocycles. The molecule has 21 heavy (non-hydrogen) atoms. The molecule has 5 heteroatoms. The average Bonchev–Trinajstić information content (AvgIpc) is 2.44. The minimum atomic E-state index is -0.629. The van der Waals surface area contributed by atoms with E-state index < -0.39 is 11.4 Å². The number of Topliss-reactive ketones (excluding diaryl/α,β-unsaturated/α-hetero) is 1. The minimum absolute atomic E-state index is 0.0291. The molecule has 0 heterocycles. The second-order valence-corrected chi connectivity index (χ2v) is 7.41. The standard InChI is InChI=1S/C16H20BrClFNO/c1-10-5-4-8-16(9-10,20(2)3)15(21)11-6-7-12(17)13(18)14(11)19/h6-7,10H,4-5,8-9H2,1-3H3. The third-order valence-corrected chi connectivity index (χ3v) is 5.79. The molecule has 1 fully saturated rings. The molecule has 2 nitrogen and oxygen atoms in total. The van der Waals surface area contributed by atoms with Gasteiger partial charge in [0.25, 0.3) is 0 Å². The molecule has 0 amide bonds. The van der Waals surface area contributed by atoms with E-state index in [1.807, 2.05) is 19.0 Å². The molecule has 1 aromatic carbocycles. The zero-order chi connectivity index (χ0) is 15.8. The van der Waals surface area contributed by atoms with Crippen molar-refractivity contribution < 1.29 is 9.18 Å². The van der Waals surface area contributed by atoms with Crippen LogP contribution in [0.5, 0.6) is 0 Å². The Balaban J connectivity index is 2.47. The number of benzene rings is 1. The van der Waals surface area contributed by atoms with Gasteiger partial charge in [-0.25, -0.2) is 4.39 Å². The van der Waals surface area contributed by atoms with Crippen molar-refractivity contribution in [1.29, 1.82) is 0 Å². The van der Waals surface area contributed by atoms with Crippen LogP contribution < -0.4 is 0 Å². The van der Waals surface area contributed by atoms with Crippen molar-refractivity contribution in [2.45, 2.75) is 38.1 Å². The minimum Gasteiger partial charge on any atom is -0.297 e. The number of ketones is 1. The van der Waals surface area contributed by atoms with E-state index in [1.165, 1.54) is 6.07 Å². The first-order valence-corrected chi connectivity index (χ1v) is 8.32. The molecule has 0 aliphatic heterocycles. The largest absolute Gasteiger partial charge is 0.297 e. The number of halogens is 3. The van der Waals surface area contributed by atoms with Crippen LogP contribution in [0, 0.1) is 11.7 Å². The van der Waals surface area contributed by atoms with Gasteiger partial charge in [0, 0.05) is 4.47 Å². The highest BCUT2D eigenvalue weighted by Crippen LogP contribution is 2.39. The van der Waals surface area contributed by atoms with Crippen molar-refractivity contribution in [3.63, 3.8) is 0 Å². The molecule has 1 aromatic rings. The Hall–Kier alpha value is -0.450. The summed E-state index contributed by atoms with van der Waals surface area (Å²) >= 11 is 9.12. The SMILES string of the molecule is CC1CCCC(C(=O)c2ccc(Br)c(Cl)c2F)(N(C)C)C1. The van der Waals surface area contributed by atoms with Gasteiger partial charge in [-0.05, 0) is 60.9 Å². The van der Waals surface area contributed by atoms with Gasteiger partial charge in [-0.1, -0.05) is 31.4 Å². The maximum atomic E-state index is 14.4. The number of carbonyl (C=O) groups excluding carboxylic acids is 1. The zero-order valence-corrected chi connectivity index (χ0v) is 14.9. The number of nitrogens with zero attached hydrogens (tertiary/aromatic N) is 1. The highest BCUT2D eigenvalue weighted by atomic mass is 79.9. The zero-order valence-electron chi connectivity index (χ0n) is 12.5. The number of hydrogen-bond acceptors (Lipinski definition) is 2. The van der Waals surface area contributed by atoms with Gasteiger partial charge in [-0.3, -0.25) is 9.69 Å². The van der Waals surface area contributed by atoms with E-state index in [4.69, 9.17) is 11.6 Å². The second kappa shape index (κ2) is 6.35. The van der Waals surface area contributed by atoms with Gasteiger partial charge in [-0.2, -0.15) is 0 Å². The summed E-state index contributed by atoms with van der Waals surface area (Å²) in [4.78, 5) is 15.0. The number of rotatable bonds is 3. The van der Waals surface area contributed by atoms with Crippen LogP contribution in [0.15, 0.2) is 16.6 Å². The first kappa shape index (κ1) is 16.9. The summed E-state index contributed by atoms with van der Waals surface area (Å²) < 4.78 is 14.9. The lowest BCUT2D eigenvalue weighted by molar-refractivity contribution is 0.0482. The first-order valence-electron chi connectivity index (χ1n) is 7.15. The molecule has 2 atom stereocenters. The van der Waals surface area contributed by atoms with Crippen LogP contribution in [0.2, 0.25) is 5.02 Å². The third-order valence-electron chi connectivity index (χ3n) is 4.53. The monoisotopic (exact) mass is 375 g/mol. The Bertz CT molecular complexity index is 563. The Labute approximate surface area is 138 Å². The van der Waals surface area contributed by atoms with Gasteiger partial charge in [-0.15, -0.1) is 0 Å². The predicted molar refractivity (Wildman–Crippen MR) is 87.5 cm³/mol. The van der Waals surface area contributed by atoms with Crippen LogP contribution in [0.1, 0.15) is 43.0 Å². The molecule has 0 bridgehead atoms. The van der Waals surface area contributed by atoms with Gasteiger partial charge in [0.05, 0.1) is 16.1 Å². The quantitative estimate of drug-likeness (QED) is 0.550. The molecule has 1 aliphatic carbocycles. The van der Waals surface area contributed by atoms with Gasteiger partial charge in [0.2, 0.25) is 0 Å². The van der Waals surface area contributed by atoms with E-state index in [-0.39, 0.29) is 16.4 Å². The van der Waals surface area contributed by atoms with E-state index in [0.29, 0.717) is 10.4 Å². The topological polar surface area (TPSA) is 20.3 Å². The van der Waals surface area contributed by atoms with Crippen LogP contribution in [0.4, 0.5) is 4.39 Å². The molecule has 1 aliphatic rings. The summed E-state index contributed by atoms with van der Waals surface area (Å²) in [6.45, 7) is 2.15. The summed E-state index contributed by atoms with van der Waals surface area (Å²) in [6, 6.07) is 3.16. The Kier molecular flexibility index (Phi) is 5.11. The van der Waals surface area contributed by atoms with Crippen LogP contribution in [0.25, 0.3) is 0 Å². The van der Waals surface area contributed by atoms with Crippen molar-refractivity contribution in [2.24, 2.45) is 5.92 Å². The summed E-state index contributed by atoms with van der Waals surface area (Å²) in [7, 11) is 3.79. The van der Waals surface area contributed by atoms with Crippen molar-refractivity contribution in [3.05, 3.63) is 33.0 Å². The summed E-state index contributed by atoms with van der Waals surface area (Å²) in [5.41, 5.74) is -0.540. The fourth-order valence-corrected chi connectivity index (χ4v) is 3.76. The third kappa shape index (κ3) is 3.03. The van der Waals surface area contributed by atoms with E-state index >= 15 is 0 Å². The van der Waals surface area contributed by atoms with Gasteiger partial charge in [0.15, 0.2) is 11.6 Å². The molecule has 0 spiro atoms. The van der Waals surface area contributed by atoms with Gasteiger partial charge in [0.1, 0.15) is 0 Å². The maximum Gasteiger partial charge on any atom is 0.186 e. The lowest BCUT2D eigenvalue weighted by atomic mass is 9.71. The molecule has 0 saturated heterocycles. The molecular weight excluding hydrogens is 357 g/mol. The Morgan fingerprint density at radius 3 is 2.71 bits per heavy atom. The fraction of sp³-hybridized carbons (Fsp3) is 0.562. The van der Waals surface area contributed by atoms with Crippen LogP contribution in [-0.4, -0.2) is 30.3 Å². The molecule has 1 saturated carbocycles. The average molecular weight is 377 g/mol. The van der Waals surface area contributed by atoms with E-state index in [0.717, 1.165) is 25.7 Å². The first-order chi connectivity index (χ1) is 9.79. The Morgan fingerprint density at radius 1 is 1.48 bits per heavy atom. The molecule has 0 N–H and O–H groups in total. The summed E-state index contributed by atoms with van der Waals surface area (Å²) in [6.07, 6.45) is 3.62. The van der Waals surface area contributed by atoms with Crippen LogP contribution in [-0.2, 0) is 0 Å². The molecular formula is C16H20BrClFNO. The van der Waals surface area contributed by atoms with Crippen molar-refractivity contribution in [3.8, 4) is 0 Å². The summed E-state index contributed by atoms with van der Waals surface area (Å²) in [5, 5.41) is -0.0291. The lowest BCUT2D eigenvalue weighted by Crippen LogP contribution is -2.54. The van der Waals surface area contributed by atoms with Crippen LogP contribution in [0.3, 0.4) is 0 Å².